The fourth-order valence-corrected chi connectivity index (χ4v) is 8.75. The van der Waals surface area contributed by atoms with Gasteiger partial charge in [0.2, 0.25) is 0 Å². The molecule has 2 aliphatic carbocycles. The van der Waals surface area contributed by atoms with E-state index in [-0.39, 0.29) is 30.6 Å². The van der Waals surface area contributed by atoms with E-state index in [1.165, 1.54) is 14.3 Å². The van der Waals surface area contributed by atoms with E-state index in [9.17, 15) is 4.79 Å². The molecule has 0 amide bonds. The van der Waals surface area contributed by atoms with Gasteiger partial charge < -0.3 is 24.8 Å². The van der Waals surface area contributed by atoms with Crippen LogP contribution in [0, 0.1) is 0 Å². The topological polar surface area (TPSA) is 35.5 Å². The van der Waals surface area contributed by atoms with E-state index >= 15 is 0 Å². The minimum Gasteiger partial charge on any atom is -1.00 e. The van der Waals surface area contributed by atoms with Gasteiger partial charge in [-0.25, -0.2) is 0 Å². The number of halogens is 2. The molecule has 8 heteroatoms. The average molecular weight is 408 g/mol. The van der Waals surface area contributed by atoms with Crippen molar-refractivity contribution >= 4 is 22.4 Å². The number of hydrogen-bond acceptors (Lipinski definition) is 3. The summed E-state index contributed by atoms with van der Waals surface area (Å²) in [6.07, 6.45) is 3.86. The van der Waals surface area contributed by atoms with Crippen LogP contribution in [-0.2, 0) is 34.1 Å². The summed E-state index contributed by atoms with van der Waals surface area (Å²) in [5, 5.41) is 2.51. The van der Waals surface area contributed by atoms with Gasteiger partial charge in [-0.05, 0) is 0 Å². The Bertz CT molecular complexity index is 674. The maximum atomic E-state index is 12.7. The van der Waals surface area contributed by atoms with Crippen molar-refractivity contribution in [3.05, 3.63) is 43.3 Å². The quantitative estimate of drug-likeness (QED) is 0.459. The molecule has 0 spiro atoms. The van der Waals surface area contributed by atoms with Gasteiger partial charge in [-0.1, -0.05) is 0 Å². The van der Waals surface area contributed by atoms with Crippen LogP contribution in [0.15, 0.2) is 43.3 Å². The Morgan fingerprint density at radius 1 is 1.14 bits per heavy atom. The molecule has 1 aliphatic heterocycles. The predicted octanol–water partition coefficient (Wildman–Crippen LogP) is -3.34. The van der Waals surface area contributed by atoms with E-state index in [1.807, 2.05) is 12.2 Å². The van der Waals surface area contributed by atoms with Gasteiger partial charge in [-0.2, -0.15) is 0 Å². The van der Waals surface area contributed by atoms with Gasteiger partial charge in [0.1, 0.15) is 0 Å². The Labute approximate surface area is 157 Å². The molecule has 117 valence electrons. The first-order chi connectivity index (χ1) is 9.20. The van der Waals surface area contributed by atoms with E-state index in [2.05, 4.69) is 46.6 Å². The first-order valence-electron chi connectivity index (χ1n) is 6.64. The number of Topliss-reactive ketones (excluding diaryl/α,β-unsaturated/α-hetero) is 1. The second kappa shape index (κ2) is 6.20. The standard InChI is InChI=1S/C14H17O3Si2.2ClH.Ti/c1-16-19(5)11-8-9-6-7-10(17-18(2,3)4)13(15)12(9)14(11)19;;;/h6-7H,1-5H3;2*1H;/q;;;+2/p-2. The zero-order valence-electron chi connectivity index (χ0n) is 13.1. The maximum absolute atomic E-state index is 12.7. The molecular weight excluding hydrogens is 391 g/mol. The third-order valence-corrected chi connectivity index (χ3v) is 9.37. The van der Waals surface area contributed by atoms with Crippen LogP contribution in [0.2, 0.25) is 26.2 Å². The first kappa shape index (κ1) is 20.2. The molecule has 3 rings (SSSR count). The molecule has 1 unspecified atom stereocenters. The van der Waals surface area contributed by atoms with Crippen molar-refractivity contribution in [2.75, 3.05) is 7.11 Å². The third-order valence-electron chi connectivity index (χ3n) is 3.86. The van der Waals surface area contributed by atoms with Crippen LogP contribution < -0.4 is 24.8 Å². The molecule has 1 fully saturated rings. The van der Waals surface area contributed by atoms with Crippen LogP contribution >= 0.6 is 0 Å². The van der Waals surface area contributed by atoms with E-state index in [1.54, 1.807) is 7.11 Å². The van der Waals surface area contributed by atoms with Gasteiger partial charge in [0.05, 0.1) is 0 Å². The van der Waals surface area contributed by atoms with Crippen LogP contribution in [0.5, 0.6) is 0 Å². The van der Waals surface area contributed by atoms with E-state index < -0.39 is 16.6 Å². The molecule has 3 aliphatic rings. The summed E-state index contributed by atoms with van der Waals surface area (Å²) in [4.78, 5) is 12.7. The summed E-state index contributed by atoms with van der Waals surface area (Å²) >= 11 is 2.09. The second-order valence-electron chi connectivity index (χ2n) is 6.39. The van der Waals surface area contributed by atoms with Crippen molar-refractivity contribution < 1.29 is 58.9 Å². The number of carbonyl (C=O) groups is 1. The number of fused-ring (bicyclic) bond motifs is 2. The van der Waals surface area contributed by atoms with Crippen molar-refractivity contribution in [2.24, 2.45) is 0 Å². The fraction of sp³-hybridized carbons (Fsp3) is 0.357. The fourth-order valence-electron chi connectivity index (χ4n) is 2.85. The van der Waals surface area contributed by atoms with Crippen LogP contribution in [0.4, 0.5) is 0 Å². The third kappa shape index (κ3) is 2.81. The monoisotopic (exact) mass is 407 g/mol. The molecule has 0 N–H and O–H groups in total. The van der Waals surface area contributed by atoms with Crippen molar-refractivity contribution in [2.45, 2.75) is 26.2 Å². The Balaban J connectivity index is 0.00000121. The van der Waals surface area contributed by atoms with Gasteiger partial charge in [0, 0.05) is 0 Å². The van der Waals surface area contributed by atoms with Gasteiger partial charge >= 0.3 is 133 Å². The van der Waals surface area contributed by atoms with Crippen LogP contribution in [0.25, 0.3) is 0 Å². The molecular formula is C14H17Cl2O3Si2Ti. The predicted molar refractivity (Wildman–Crippen MR) is 78.3 cm³/mol. The smallest absolute Gasteiger partial charge is 1.00 e. The molecule has 3 nitrogen and oxygen atoms in total. The molecule has 1 atom stereocenters. The van der Waals surface area contributed by atoms with Gasteiger partial charge in [-0.15, -0.1) is 0 Å². The van der Waals surface area contributed by atoms with Crippen molar-refractivity contribution in [3.63, 3.8) is 0 Å². The summed E-state index contributed by atoms with van der Waals surface area (Å²) in [6, 6.07) is 0. The second-order valence-corrected chi connectivity index (χ2v) is 15.1. The number of rotatable bonds is 3. The van der Waals surface area contributed by atoms with Crippen molar-refractivity contribution in [3.8, 4) is 0 Å². The molecule has 0 aromatic rings. The Kier molecular flexibility index (Phi) is 5.69. The van der Waals surface area contributed by atoms with Gasteiger partial charge in [0.15, 0.2) is 0 Å². The van der Waals surface area contributed by atoms with E-state index in [4.69, 9.17) is 8.85 Å². The summed E-state index contributed by atoms with van der Waals surface area (Å²) in [7, 11) is -1.92. The Hall–Kier alpha value is 0.118. The van der Waals surface area contributed by atoms with Crippen LogP contribution in [0.3, 0.4) is 0 Å². The molecule has 0 radical (unpaired) electrons. The van der Waals surface area contributed by atoms with Crippen molar-refractivity contribution in [1.82, 2.24) is 0 Å². The average Bonchev–Trinajstić information content (AvgIpc) is 2.82. The summed E-state index contributed by atoms with van der Waals surface area (Å²) < 4.78 is 12.9. The molecule has 0 bridgehead atoms. The SMILES string of the molecule is CO[Si]1(C)C2=[C]([Ti+2])C3=CC=C(O[Si](C)(C)C)C(=O)C3=C21.[Cl-].[Cl-]. The molecule has 0 aromatic carbocycles. The normalized spacial score (nSPS) is 25.7. The zero-order valence-corrected chi connectivity index (χ0v) is 18.2. The first-order valence-corrected chi connectivity index (χ1v) is 13.2. The minimum absolute atomic E-state index is 0. The molecule has 0 aromatic heterocycles. The number of carbonyl (C=O) groups excluding carboxylic acids is 1. The number of hydrogen-bond donors (Lipinski definition) is 0. The van der Waals surface area contributed by atoms with Crippen molar-refractivity contribution in [1.29, 1.82) is 0 Å². The van der Waals surface area contributed by atoms with Crippen LogP contribution in [-0.4, -0.2) is 29.5 Å². The molecule has 1 heterocycles. The van der Waals surface area contributed by atoms with Gasteiger partial charge in [-0.3, -0.25) is 0 Å². The molecule has 0 saturated carbocycles. The van der Waals surface area contributed by atoms with E-state index in [0.717, 1.165) is 11.1 Å². The van der Waals surface area contributed by atoms with E-state index in [0.29, 0.717) is 5.76 Å². The maximum Gasteiger partial charge on any atom is -1.00 e. The Morgan fingerprint density at radius 3 is 2.23 bits per heavy atom. The van der Waals surface area contributed by atoms with Crippen LogP contribution in [0.1, 0.15) is 0 Å². The largest absolute Gasteiger partial charge is 1.00 e. The number of ketones is 1. The molecule has 22 heavy (non-hydrogen) atoms. The Morgan fingerprint density at radius 2 is 1.73 bits per heavy atom. The summed E-state index contributed by atoms with van der Waals surface area (Å²) in [6.45, 7) is 8.43. The number of allylic oxidation sites excluding steroid dienone is 7. The van der Waals surface area contributed by atoms with Gasteiger partial charge in [0.25, 0.3) is 0 Å². The minimum atomic E-state index is -1.90. The summed E-state index contributed by atoms with van der Waals surface area (Å²) in [5.74, 6) is 0.548. The molecule has 1 saturated heterocycles. The zero-order chi connectivity index (χ0) is 14.9. The summed E-state index contributed by atoms with van der Waals surface area (Å²) in [5.41, 5.74) is 1.93.